The Hall–Kier alpha value is -2.90. The molecule has 1 aromatic heterocycles. The summed E-state index contributed by atoms with van der Waals surface area (Å²) in [7, 11) is 1.54. The quantitative estimate of drug-likeness (QED) is 0.778. The molecule has 0 bridgehead atoms. The van der Waals surface area contributed by atoms with Gasteiger partial charge in [-0.3, -0.25) is 9.48 Å². The van der Waals surface area contributed by atoms with Crippen LogP contribution < -0.4 is 11.1 Å². The molecular formula is C12H11FN4O3. The normalized spacial score (nSPS) is 10.3. The fraction of sp³-hybridized carbons (Fsp3) is 0.0833. The van der Waals surface area contributed by atoms with Crippen molar-refractivity contribution in [1.82, 2.24) is 9.78 Å². The number of nitrogen functional groups attached to an aromatic ring is 1. The first-order chi connectivity index (χ1) is 9.41. The van der Waals surface area contributed by atoms with E-state index in [4.69, 9.17) is 10.8 Å². The number of rotatable bonds is 3. The summed E-state index contributed by atoms with van der Waals surface area (Å²) in [5.74, 6) is -2.83. The summed E-state index contributed by atoms with van der Waals surface area (Å²) in [5.41, 5.74) is 4.90. The molecule has 0 aliphatic heterocycles. The van der Waals surface area contributed by atoms with Crippen LogP contribution in [-0.2, 0) is 7.05 Å². The fourth-order valence-electron chi connectivity index (χ4n) is 1.63. The predicted octanol–water partition coefficient (Wildman–Crippen LogP) is 1.09. The smallest absolute Gasteiger partial charge is 0.337 e. The number of aryl methyl sites for hydroxylation is 1. The van der Waals surface area contributed by atoms with E-state index < -0.39 is 23.4 Å². The Morgan fingerprint density at radius 3 is 2.65 bits per heavy atom. The van der Waals surface area contributed by atoms with Crippen molar-refractivity contribution in [3.05, 3.63) is 41.3 Å². The van der Waals surface area contributed by atoms with Crippen LogP contribution in [0, 0.1) is 5.82 Å². The van der Waals surface area contributed by atoms with Gasteiger partial charge < -0.3 is 16.2 Å². The molecule has 1 heterocycles. The predicted molar refractivity (Wildman–Crippen MR) is 68.9 cm³/mol. The zero-order chi connectivity index (χ0) is 14.9. The fourth-order valence-corrected chi connectivity index (χ4v) is 1.63. The van der Waals surface area contributed by atoms with Crippen molar-refractivity contribution in [2.45, 2.75) is 0 Å². The van der Waals surface area contributed by atoms with E-state index in [1.165, 1.54) is 30.1 Å². The van der Waals surface area contributed by atoms with Gasteiger partial charge in [0.1, 0.15) is 17.2 Å². The number of carbonyl (C=O) groups excluding carboxylic acids is 1. The van der Waals surface area contributed by atoms with Crippen LogP contribution in [0.5, 0.6) is 0 Å². The molecule has 2 aromatic rings. The van der Waals surface area contributed by atoms with Gasteiger partial charge in [0.05, 0.1) is 17.4 Å². The number of para-hydroxylation sites is 1. The number of halogens is 1. The Labute approximate surface area is 112 Å². The summed E-state index contributed by atoms with van der Waals surface area (Å²) in [4.78, 5) is 23.0. The monoisotopic (exact) mass is 278 g/mol. The van der Waals surface area contributed by atoms with Crippen molar-refractivity contribution in [3.8, 4) is 0 Å². The van der Waals surface area contributed by atoms with Crippen molar-refractivity contribution >= 4 is 23.4 Å². The maximum Gasteiger partial charge on any atom is 0.337 e. The highest BCUT2D eigenvalue weighted by molar-refractivity contribution is 6.09. The molecule has 0 spiro atoms. The molecule has 1 aromatic carbocycles. The lowest BCUT2D eigenvalue weighted by atomic mass is 10.1. The molecule has 0 aliphatic rings. The number of hydrogen-bond donors (Lipinski definition) is 3. The number of anilines is 2. The van der Waals surface area contributed by atoms with Gasteiger partial charge in [0.2, 0.25) is 0 Å². The number of aromatic nitrogens is 2. The van der Waals surface area contributed by atoms with E-state index in [9.17, 15) is 14.0 Å². The molecule has 0 unspecified atom stereocenters. The lowest BCUT2D eigenvalue weighted by molar-refractivity contribution is 0.0697. The highest BCUT2D eigenvalue weighted by atomic mass is 19.1. The van der Waals surface area contributed by atoms with Crippen molar-refractivity contribution in [1.29, 1.82) is 0 Å². The van der Waals surface area contributed by atoms with Crippen LogP contribution in [0.4, 0.5) is 15.9 Å². The zero-order valence-electron chi connectivity index (χ0n) is 10.4. The third-order valence-electron chi connectivity index (χ3n) is 2.71. The molecule has 0 aliphatic carbocycles. The van der Waals surface area contributed by atoms with Crippen molar-refractivity contribution in [2.75, 3.05) is 11.1 Å². The molecule has 0 fully saturated rings. The number of amides is 1. The van der Waals surface area contributed by atoms with Crippen molar-refractivity contribution in [3.63, 3.8) is 0 Å². The Balaban J connectivity index is 2.38. The van der Waals surface area contributed by atoms with E-state index in [0.717, 1.165) is 6.07 Å². The largest absolute Gasteiger partial charge is 0.478 e. The molecule has 4 N–H and O–H groups in total. The first-order valence-electron chi connectivity index (χ1n) is 5.52. The third-order valence-corrected chi connectivity index (χ3v) is 2.71. The summed E-state index contributed by atoms with van der Waals surface area (Å²) in [5, 5.41) is 15.0. The molecule has 0 saturated heterocycles. The van der Waals surface area contributed by atoms with Gasteiger partial charge in [-0.1, -0.05) is 6.07 Å². The van der Waals surface area contributed by atoms with Crippen LogP contribution in [0.2, 0.25) is 0 Å². The Morgan fingerprint density at radius 2 is 2.10 bits per heavy atom. The maximum atomic E-state index is 13.7. The average molecular weight is 278 g/mol. The topological polar surface area (TPSA) is 110 Å². The summed E-state index contributed by atoms with van der Waals surface area (Å²) < 4.78 is 14.9. The van der Waals surface area contributed by atoms with E-state index in [1.54, 1.807) is 0 Å². The van der Waals surface area contributed by atoms with Gasteiger partial charge in [-0.05, 0) is 12.1 Å². The third kappa shape index (κ3) is 2.30. The first kappa shape index (κ1) is 13.5. The van der Waals surface area contributed by atoms with Crippen molar-refractivity contribution in [2.24, 2.45) is 7.05 Å². The molecule has 20 heavy (non-hydrogen) atoms. The van der Waals surface area contributed by atoms with Crippen LogP contribution >= 0.6 is 0 Å². The SMILES string of the molecule is Cn1ncc(C(=O)Nc2c(F)cccc2C(=O)O)c1N. The molecule has 0 saturated carbocycles. The number of carboxylic acid groups (broad SMARTS) is 1. The second kappa shape index (κ2) is 5.00. The van der Waals surface area contributed by atoms with Gasteiger partial charge in [0, 0.05) is 7.05 Å². The van der Waals surface area contributed by atoms with E-state index >= 15 is 0 Å². The molecule has 7 nitrogen and oxygen atoms in total. The number of carbonyl (C=O) groups is 2. The highest BCUT2D eigenvalue weighted by Gasteiger charge is 2.20. The lowest BCUT2D eigenvalue weighted by Crippen LogP contribution is -2.17. The van der Waals surface area contributed by atoms with Crippen LogP contribution in [0.3, 0.4) is 0 Å². The van der Waals surface area contributed by atoms with E-state index in [1.807, 2.05) is 0 Å². The number of benzene rings is 1. The molecule has 0 radical (unpaired) electrons. The minimum Gasteiger partial charge on any atom is -0.478 e. The molecular weight excluding hydrogens is 267 g/mol. The van der Waals surface area contributed by atoms with E-state index in [-0.39, 0.29) is 16.9 Å². The van der Waals surface area contributed by atoms with Crippen LogP contribution in [-0.4, -0.2) is 26.8 Å². The van der Waals surface area contributed by atoms with Crippen LogP contribution in [0.1, 0.15) is 20.7 Å². The second-order valence-corrected chi connectivity index (χ2v) is 3.99. The summed E-state index contributed by atoms with van der Waals surface area (Å²) in [6.07, 6.45) is 1.21. The minimum absolute atomic E-state index is 0.0343. The van der Waals surface area contributed by atoms with Gasteiger partial charge in [-0.2, -0.15) is 5.10 Å². The summed E-state index contributed by atoms with van der Waals surface area (Å²) in [6.45, 7) is 0. The van der Waals surface area contributed by atoms with Crippen LogP contribution in [0.25, 0.3) is 0 Å². The molecule has 0 atom stereocenters. The first-order valence-corrected chi connectivity index (χ1v) is 5.52. The Kier molecular flexibility index (Phi) is 3.38. The molecule has 104 valence electrons. The van der Waals surface area contributed by atoms with Gasteiger partial charge in [0.25, 0.3) is 5.91 Å². The zero-order valence-corrected chi connectivity index (χ0v) is 10.4. The van der Waals surface area contributed by atoms with Gasteiger partial charge in [-0.25, -0.2) is 9.18 Å². The van der Waals surface area contributed by atoms with E-state index in [0.29, 0.717) is 0 Å². The number of aromatic carboxylic acids is 1. The van der Waals surface area contributed by atoms with E-state index in [2.05, 4.69) is 10.4 Å². The summed E-state index contributed by atoms with van der Waals surface area (Å²) >= 11 is 0. The van der Waals surface area contributed by atoms with Gasteiger partial charge >= 0.3 is 5.97 Å². The van der Waals surface area contributed by atoms with Gasteiger partial charge in [-0.15, -0.1) is 0 Å². The highest BCUT2D eigenvalue weighted by Crippen LogP contribution is 2.21. The lowest BCUT2D eigenvalue weighted by Gasteiger charge is -2.09. The minimum atomic E-state index is -1.35. The molecule has 2 rings (SSSR count). The van der Waals surface area contributed by atoms with Crippen molar-refractivity contribution < 1.29 is 19.1 Å². The second-order valence-electron chi connectivity index (χ2n) is 3.99. The summed E-state index contributed by atoms with van der Waals surface area (Å²) in [6, 6.07) is 3.48. The Bertz CT molecular complexity index is 696. The number of nitrogens with two attached hydrogens (primary N) is 1. The number of hydrogen-bond acceptors (Lipinski definition) is 4. The number of nitrogens with one attached hydrogen (secondary N) is 1. The molecule has 1 amide bonds. The average Bonchev–Trinajstić information content (AvgIpc) is 2.72. The van der Waals surface area contributed by atoms with Gasteiger partial charge in [0.15, 0.2) is 0 Å². The maximum absolute atomic E-state index is 13.7. The number of carboxylic acids is 1. The standard InChI is InChI=1S/C12H11FN4O3/c1-17-10(14)7(5-15-17)11(18)16-9-6(12(19)20)3-2-4-8(9)13/h2-5H,14H2,1H3,(H,16,18)(H,19,20). The molecule has 8 heteroatoms. The number of nitrogens with zero attached hydrogens (tertiary/aromatic N) is 2. The Morgan fingerprint density at radius 1 is 1.40 bits per heavy atom. The van der Waals surface area contributed by atoms with Crippen LogP contribution in [0.15, 0.2) is 24.4 Å².